The van der Waals surface area contributed by atoms with Gasteiger partial charge in [0.1, 0.15) is 11.6 Å². The first-order valence-electron chi connectivity index (χ1n) is 8.34. The minimum atomic E-state index is -0.468. The van der Waals surface area contributed by atoms with E-state index >= 15 is 0 Å². The van der Waals surface area contributed by atoms with Crippen molar-refractivity contribution in [3.63, 3.8) is 0 Å². The summed E-state index contributed by atoms with van der Waals surface area (Å²) >= 11 is 11.6. The Balaban J connectivity index is 1.69. The number of carbonyl (C=O) groups is 1. The summed E-state index contributed by atoms with van der Waals surface area (Å²) < 4.78 is 5.19. The van der Waals surface area contributed by atoms with Crippen molar-refractivity contribution in [2.75, 3.05) is 47.4 Å². The molecule has 27 heavy (non-hydrogen) atoms. The minimum absolute atomic E-state index is 0.327. The number of halogens is 2. The van der Waals surface area contributed by atoms with E-state index in [1.165, 1.54) is 0 Å². The molecule has 0 aliphatic carbocycles. The third-order valence-electron chi connectivity index (χ3n) is 3.37. The molecule has 0 radical (unpaired) electrons. The lowest BCUT2D eigenvalue weighted by atomic mass is 10.2. The number of amides is 1. The topological polar surface area (TPSA) is 54.5 Å². The van der Waals surface area contributed by atoms with Crippen LogP contribution in [0.1, 0.15) is 0 Å². The Morgan fingerprint density at radius 1 is 1.11 bits per heavy atom. The van der Waals surface area contributed by atoms with Crippen molar-refractivity contribution in [3.05, 3.63) is 48.7 Å². The van der Waals surface area contributed by atoms with Crippen LogP contribution in [0.3, 0.4) is 0 Å². The Hall–Kier alpha value is -1.28. The molecule has 9 heteroatoms. The Morgan fingerprint density at radius 2 is 1.85 bits per heavy atom. The number of nitrogens with one attached hydrogen (secondary N) is 1. The van der Waals surface area contributed by atoms with Crippen LogP contribution in [0.25, 0.3) is 0 Å². The van der Waals surface area contributed by atoms with Crippen molar-refractivity contribution in [2.24, 2.45) is 0 Å². The van der Waals surface area contributed by atoms with Gasteiger partial charge in [0.2, 0.25) is 0 Å². The first kappa shape index (κ1) is 22.0. The first-order chi connectivity index (χ1) is 13.2. The van der Waals surface area contributed by atoms with Crippen LogP contribution in [0.4, 0.5) is 16.2 Å². The Labute approximate surface area is 177 Å². The summed E-state index contributed by atoms with van der Waals surface area (Å²) in [6.45, 7) is 1.77. The number of alkyl halides is 2. The number of anilines is 2. The average Bonchev–Trinajstić information content (AvgIpc) is 2.69. The fourth-order valence-electron chi connectivity index (χ4n) is 2.15. The van der Waals surface area contributed by atoms with Gasteiger partial charge in [-0.05, 0) is 47.2 Å². The minimum Gasteiger partial charge on any atom is -0.448 e. The molecule has 0 aliphatic rings. The highest BCUT2D eigenvalue weighted by molar-refractivity contribution is 8.76. The molecule has 1 N–H and O–H groups in total. The molecule has 146 valence electrons. The standard InChI is InChI=1S/C18H21Cl2N3O2S2/c19-8-11-23(12-9-20)16-6-4-15(5-7-16)22-18(24)25-13-14-26-27-17-3-1-2-10-21-17/h1-7,10H,8-9,11-14H2,(H,22,24). The number of hydrogen-bond donors (Lipinski definition) is 1. The van der Waals surface area contributed by atoms with E-state index < -0.39 is 6.09 Å². The van der Waals surface area contributed by atoms with Crippen LogP contribution < -0.4 is 10.2 Å². The normalized spacial score (nSPS) is 10.4. The molecule has 2 aromatic rings. The van der Waals surface area contributed by atoms with Crippen LogP contribution in [0, 0.1) is 0 Å². The molecule has 1 heterocycles. The Morgan fingerprint density at radius 3 is 2.48 bits per heavy atom. The molecular weight excluding hydrogens is 425 g/mol. The van der Waals surface area contributed by atoms with Crippen LogP contribution in [0.5, 0.6) is 0 Å². The van der Waals surface area contributed by atoms with Crippen molar-refractivity contribution >= 4 is 62.3 Å². The van der Waals surface area contributed by atoms with Gasteiger partial charge >= 0.3 is 6.09 Å². The van der Waals surface area contributed by atoms with Gasteiger partial charge < -0.3 is 9.64 Å². The van der Waals surface area contributed by atoms with Gasteiger partial charge in [-0.15, -0.1) is 23.2 Å². The smallest absolute Gasteiger partial charge is 0.411 e. The molecule has 0 fully saturated rings. The van der Waals surface area contributed by atoms with Crippen LogP contribution in [0.15, 0.2) is 53.7 Å². The summed E-state index contributed by atoms with van der Waals surface area (Å²) in [6.07, 6.45) is 1.28. The maximum absolute atomic E-state index is 11.9. The first-order valence-corrected chi connectivity index (χ1v) is 11.7. The molecule has 5 nitrogen and oxygen atoms in total. The summed E-state index contributed by atoms with van der Waals surface area (Å²) in [5, 5.41) is 3.66. The third-order valence-corrected chi connectivity index (χ3v) is 5.94. The molecule has 2 rings (SSSR count). The fraction of sp³-hybridized carbons (Fsp3) is 0.333. The highest BCUT2D eigenvalue weighted by atomic mass is 35.5. The van der Waals surface area contributed by atoms with E-state index in [9.17, 15) is 4.79 Å². The van der Waals surface area contributed by atoms with Crippen LogP contribution in [0.2, 0.25) is 0 Å². The van der Waals surface area contributed by atoms with E-state index in [1.54, 1.807) is 27.8 Å². The number of ether oxygens (including phenoxy) is 1. The molecule has 1 aromatic carbocycles. The molecule has 0 spiro atoms. The van der Waals surface area contributed by atoms with E-state index in [2.05, 4.69) is 15.2 Å². The zero-order valence-electron chi connectivity index (χ0n) is 14.6. The monoisotopic (exact) mass is 445 g/mol. The van der Waals surface area contributed by atoms with E-state index in [4.69, 9.17) is 27.9 Å². The van der Waals surface area contributed by atoms with Crippen molar-refractivity contribution < 1.29 is 9.53 Å². The second kappa shape index (κ2) is 13.0. The number of benzene rings is 1. The van der Waals surface area contributed by atoms with Gasteiger partial charge in [-0.25, -0.2) is 9.78 Å². The number of aromatic nitrogens is 1. The average molecular weight is 446 g/mol. The maximum atomic E-state index is 11.9. The van der Waals surface area contributed by atoms with Gasteiger partial charge in [0.15, 0.2) is 0 Å². The van der Waals surface area contributed by atoms with Crippen LogP contribution in [-0.4, -0.2) is 48.3 Å². The Kier molecular flexibility index (Phi) is 10.6. The van der Waals surface area contributed by atoms with E-state index in [-0.39, 0.29) is 0 Å². The molecule has 0 atom stereocenters. The molecule has 1 amide bonds. The van der Waals surface area contributed by atoms with Gasteiger partial charge in [-0.3, -0.25) is 5.32 Å². The largest absolute Gasteiger partial charge is 0.448 e. The summed E-state index contributed by atoms with van der Waals surface area (Å²) in [4.78, 5) is 18.2. The van der Waals surface area contributed by atoms with E-state index in [0.29, 0.717) is 29.8 Å². The zero-order valence-corrected chi connectivity index (χ0v) is 17.8. The number of hydrogen-bond acceptors (Lipinski definition) is 6. The summed E-state index contributed by atoms with van der Waals surface area (Å²) in [5.41, 5.74) is 1.69. The molecular formula is C18H21Cl2N3O2S2. The van der Waals surface area contributed by atoms with Crippen molar-refractivity contribution in [3.8, 4) is 0 Å². The van der Waals surface area contributed by atoms with Gasteiger partial charge in [0.25, 0.3) is 0 Å². The molecule has 1 aromatic heterocycles. The lowest BCUT2D eigenvalue weighted by Gasteiger charge is -2.23. The fourth-order valence-corrected chi connectivity index (χ4v) is 4.26. The van der Waals surface area contributed by atoms with Crippen LogP contribution >= 0.6 is 44.8 Å². The number of nitrogens with zero attached hydrogens (tertiary/aromatic N) is 2. The quantitative estimate of drug-likeness (QED) is 0.285. The second-order valence-corrected chi connectivity index (χ2v) is 8.44. The van der Waals surface area contributed by atoms with E-state index in [0.717, 1.165) is 23.8 Å². The molecule has 0 unspecified atom stereocenters. The molecule has 0 saturated carbocycles. The van der Waals surface area contributed by atoms with Gasteiger partial charge in [-0.2, -0.15) is 0 Å². The summed E-state index contributed by atoms with van der Waals surface area (Å²) in [6, 6.07) is 13.3. The molecule has 0 bridgehead atoms. The predicted molar refractivity (Wildman–Crippen MR) is 118 cm³/mol. The molecule has 0 aliphatic heterocycles. The van der Waals surface area contributed by atoms with Gasteiger partial charge in [-0.1, -0.05) is 16.9 Å². The SMILES string of the molecule is O=C(Nc1ccc(N(CCCl)CCCl)cc1)OCCSSc1ccccn1. The van der Waals surface area contributed by atoms with Crippen molar-refractivity contribution in [1.82, 2.24) is 4.98 Å². The molecule has 0 saturated heterocycles. The number of pyridine rings is 1. The van der Waals surface area contributed by atoms with Gasteiger partial charge in [0.05, 0.1) is 0 Å². The lowest BCUT2D eigenvalue weighted by molar-refractivity contribution is 0.169. The highest BCUT2D eigenvalue weighted by Gasteiger charge is 2.07. The van der Waals surface area contributed by atoms with Crippen molar-refractivity contribution in [1.29, 1.82) is 0 Å². The number of carbonyl (C=O) groups excluding carboxylic acids is 1. The third kappa shape index (κ3) is 8.51. The number of rotatable bonds is 11. The highest BCUT2D eigenvalue weighted by Crippen LogP contribution is 2.28. The Bertz CT molecular complexity index is 672. The lowest BCUT2D eigenvalue weighted by Crippen LogP contribution is -2.27. The summed E-state index contributed by atoms with van der Waals surface area (Å²) in [7, 11) is 3.15. The summed E-state index contributed by atoms with van der Waals surface area (Å²) in [5.74, 6) is 1.74. The van der Waals surface area contributed by atoms with Crippen LogP contribution in [-0.2, 0) is 4.74 Å². The second-order valence-electron chi connectivity index (χ2n) is 5.25. The van der Waals surface area contributed by atoms with Gasteiger partial charge in [0, 0.05) is 48.2 Å². The zero-order chi connectivity index (χ0) is 19.3. The van der Waals surface area contributed by atoms with Crippen molar-refractivity contribution in [2.45, 2.75) is 5.03 Å². The van der Waals surface area contributed by atoms with E-state index in [1.807, 2.05) is 42.5 Å². The predicted octanol–water partition coefficient (Wildman–Crippen LogP) is 5.35. The maximum Gasteiger partial charge on any atom is 0.411 e.